The van der Waals surface area contributed by atoms with E-state index in [4.69, 9.17) is 0 Å². The predicted octanol–water partition coefficient (Wildman–Crippen LogP) is 5.81. The summed E-state index contributed by atoms with van der Waals surface area (Å²) in [5.74, 6) is 0. The van der Waals surface area contributed by atoms with Crippen molar-refractivity contribution < 1.29 is 0 Å². The van der Waals surface area contributed by atoms with Gasteiger partial charge in [0.25, 0.3) is 0 Å². The molecule has 3 N–H and O–H groups in total. The summed E-state index contributed by atoms with van der Waals surface area (Å²) < 4.78 is 0. The van der Waals surface area contributed by atoms with Crippen LogP contribution in [-0.4, -0.2) is 25.2 Å². The normalized spacial score (nSPS) is 10.5. The third kappa shape index (κ3) is 11.6. The molecule has 0 aliphatic rings. The summed E-state index contributed by atoms with van der Waals surface area (Å²) in [6.07, 6.45) is 13.2. The fourth-order valence-electron chi connectivity index (χ4n) is 1.95. The molecule has 16 heavy (non-hydrogen) atoms. The molecule has 0 aliphatic heterocycles. The zero-order chi connectivity index (χ0) is 10.9. The van der Waals surface area contributed by atoms with E-state index in [2.05, 4.69) is 27.4 Å². The molecule has 102 valence electrons. The fraction of sp³-hybridized carbons (Fsp3) is 1.00. The van der Waals surface area contributed by atoms with Crippen LogP contribution in [-0.2, 0) is 0 Å². The Labute approximate surface area is 121 Å². The molecule has 1 nitrogen and oxygen atoms in total. The van der Waals surface area contributed by atoms with E-state index >= 15 is 0 Å². The van der Waals surface area contributed by atoms with Crippen molar-refractivity contribution in [2.45, 2.75) is 59.3 Å². The molecule has 0 spiro atoms. The van der Waals surface area contributed by atoms with Crippen LogP contribution in [0.3, 0.4) is 0 Å². The zero-order valence-corrected chi connectivity index (χ0v) is 15.2. The minimum absolute atomic E-state index is 0. The van der Waals surface area contributed by atoms with Gasteiger partial charge in [-0.25, -0.2) is 0 Å². The summed E-state index contributed by atoms with van der Waals surface area (Å²) in [6.45, 7) is 9.59. The summed E-state index contributed by atoms with van der Waals surface area (Å²) in [5, 5.41) is 0. The van der Waals surface area contributed by atoms with Gasteiger partial charge in [0.2, 0.25) is 0 Å². The van der Waals surface area contributed by atoms with Gasteiger partial charge in [0.05, 0.1) is 18.5 Å². The summed E-state index contributed by atoms with van der Waals surface area (Å²) in [5.41, 5.74) is 0. The molecule has 0 saturated carbocycles. The number of halogens is 1. The minimum atomic E-state index is -0.519. The molecule has 0 fully saturated rings. The van der Waals surface area contributed by atoms with Crippen LogP contribution in [0.15, 0.2) is 0 Å². The Kier molecular flexibility index (Phi) is 19.8. The van der Waals surface area contributed by atoms with Gasteiger partial charge in [-0.15, -0.1) is 24.0 Å². The monoisotopic (exact) mass is 362 g/mol. The fourth-order valence-corrected chi connectivity index (χ4v) is 5.86. The molecule has 0 aromatic rings. The molecule has 0 heterocycles. The van der Waals surface area contributed by atoms with Crippen molar-refractivity contribution in [3.05, 3.63) is 0 Å². The van der Waals surface area contributed by atoms with Gasteiger partial charge in [-0.2, -0.15) is 0 Å². The third-order valence-corrected chi connectivity index (χ3v) is 7.34. The quantitative estimate of drug-likeness (QED) is 0.407. The number of hydrogen-bond acceptors (Lipinski definition) is 1. The average Bonchev–Trinajstić information content (AvgIpc) is 2.21. The van der Waals surface area contributed by atoms with Crippen molar-refractivity contribution in [2.24, 2.45) is 0 Å². The molecular weight excluding hydrogens is 328 g/mol. The van der Waals surface area contributed by atoms with E-state index in [0.717, 1.165) is 0 Å². The predicted molar refractivity (Wildman–Crippen MR) is 92.6 cm³/mol. The topological polar surface area (TPSA) is 35.0 Å². The Morgan fingerprint density at radius 2 is 0.938 bits per heavy atom. The van der Waals surface area contributed by atoms with Crippen molar-refractivity contribution in [2.75, 3.05) is 25.2 Å². The van der Waals surface area contributed by atoms with Crippen LogP contribution in [0.1, 0.15) is 59.3 Å². The van der Waals surface area contributed by atoms with Gasteiger partial charge < -0.3 is 6.15 Å². The van der Waals surface area contributed by atoms with Gasteiger partial charge in [-0.05, 0) is 19.3 Å². The van der Waals surface area contributed by atoms with Crippen molar-refractivity contribution >= 4 is 31.2 Å². The average molecular weight is 362 g/mol. The summed E-state index contributed by atoms with van der Waals surface area (Å²) >= 11 is 0. The lowest BCUT2D eigenvalue weighted by Crippen LogP contribution is -2.07. The van der Waals surface area contributed by atoms with Crippen LogP contribution in [0, 0.1) is 0 Å². The Bertz CT molecular complexity index is 109. The zero-order valence-electron chi connectivity index (χ0n) is 11.9. The lowest BCUT2D eigenvalue weighted by atomic mass is 10.4. The van der Waals surface area contributed by atoms with Crippen LogP contribution in [0.4, 0.5) is 0 Å². The molecule has 0 aromatic heterocycles. The summed E-state index contributed by atoms with van der Waals surface area (Å²) in [7, 11) is -0.519. The number of rotatable bonds is 9. The maximum Gasteiger partial charge on any atom is 0.0591 e. The van der Waals surface area contributed by atoms with Gasteiger partial charge >= 0.3 is 0 Å². The summed E-state index contributed by atoms with van der Waals surface area (Å²) in [6, 6.07) is 0. The Hall–Kier alpha value is 1.12. The van der Waals surface area contributed by atoms with Crippen LogP contribution in [0.5, 0.6) is 0 Å². The lowest BCUT2D eigenvalue weighted by molar-refractivity contribution is 0.838. The first-order valence-corrected chi connectivity index (χ1v) is 9.31. The largest absolute Gasteiger partial charge is 0.344 e. The number of unbranched alkanes of at least 4 members (excludes halogenated alkanes) is 3. The van der Waals surface area contributed by atoms with Crippen LogP contribution in [0.2, 0.25) is 0 Å². The molecule has 0 saturated heterocycles. The second-order valence-electron chi connectivity index (χ2n) is 4.85. The molecule has 0 amide bonds. The standard InChI is InChI=1S/C13H30P.HI.H3N/c1-5-8-11-14(4,12-9-6-2)13-10-7-3;;/h5-13H2,1-4H3;1H;1H3/q+1;;. The van der Waals surface area contributed by atoms with E-state index < -0.39 is 7.26 Å². The van der Waals surface area contributed by atoms with Crippen LogP contribution >= 0.6 is 31.2 Å². The lowest BCUT2D eigenvalue weighted by Gasteiger charge is -2.22. The van der Waals surface area contributed by atoms with Crippen LogP contribution < -0.4 is 6.15 Å². The van der Waals surface area contributed by atoms with Crippen molar-refractivity contribution in [3.8, 4) is 0 Å². The second-order valence-corrected chi connectivity index (χ2v) is 9.43. The van der Waals surface area contributed by atoms with Crippen molar-refractivity contribution in [1.82, 2.24) is 6.15 Å². The SMILES string of the molecule is CCCC[P+](C)(CCCC)CCCC.I.N. The van der Waals surface area contributed by atoms with Crippen LogP contribution in [0.25, 0.3) is 0 Å². The van der Waals surface area contributed by atoms with Gasteiger partial charge in [-0.3, -0.25) is 0 Å². The van der Waals surface area contributed by atoms with Gasteiger partial charge in [-0.1, -0.05) is 40.0 Å². The first-order chi connectivity index (χ1) is 6.68. The first kappa shape index (κ1) is 22.3. The number of hydrogen-bond donors (Lipinski definition) is 1. The molecule has 0 aliphatic carbocycles. The minimum Gasteiger partial charge on any atom is -0.344 e. The van der Waals surface area contributed by atoms with E-state index in [9.17, 15) is 0 Å². The third-order valence-electron chi connectivity index (χ3n) is 3.15. The smallest absolute Gasteiger partial charge is 0.0591 e. The highest BCUT2D eigenvalue weighted by atomic mass is 127. The van der Waals surface area contributed by atoms with Gasteiger partial charge in [0, 0.05) is 13.9 Å². The van der Waals surface area contributed by atoms with Crippen molar-refractivity contribution in [3.63, 3.8) is 0 Å². The van der Waals surface area contributed by atoms with E-state index in [-0.39, 0.29) is 30.1 Å². The maximum atomic E-state index is 2.62. The Balaban J connectivity index is -0.000000845. The maximum absolute atomic E-state index is 2.62. The van der Waals surface area contributed by atoms with Gasteiger partial charge in [0.1, 0.15) is 0 Å². The van der Waals surface area contributed by atoms with Gasteiger partial charge in [0.15, 0.2) is 0 Å². The highest BCUT2D eigenvalue weighted by Gasteiger charge is 2.28. The second kappa shape index (κ2) is 14.2. The Morgan fingerprint density at radius 3 is 1.12 bits per heavy atom. The molecule has 3 heteroatoms. The molecule has 0 unspecified atom stereocenters. The summed E-state index contributed by atoms with van der Waals surface area (Å²) in [4.78, 5) is 0. The van der Waals surface area contributed by atoms with E-state index in [1.54, 1.807) is 18.5 Å². The highest BCUT2D eigenvalue weighted by Crippen LogP contribution is 2.57. The highest BCUT2D eigenvalue weighted by molar-refractivity contribution is 14.0. The van der Waals surface area contributed by atoms with E-state index in [0.29, 0.717) is 0 Å². The molecular formula is C13H34INP+. The first-order valence-electron chi connectivity index (χ1n) is 6.52. The molecule has 0 atom stereocenters. The molecule has 0 aromatic carbocycles. The molecule has 0 bridgehead atoms. The molecule has 0 radical (unpaired) electrons. The van der Waals surface area contributed by atoms with Crippen molar-refractivity contribution in [1.29, 1.82) is 0 Å². The van der Waals surface area contributed by atoms with E-state index in [1.807, 2.05) is 0 Å². The van der Waals surface area contributed by atoms with E-state index in [1.165, 1.54) is 38.5 Å². The molecule has 0 rings (SSSR count). The Morgan fingerprint density at radius 1 is 0.688 bits per heavy atom.